The Balaban J connectivity index is 1.29. The van der Waals surface area contributed by atoms with E-state index >= 15 is 0 Å². The molecule has 0 aliphatic heterocycles. The first-order valence-electron chi connectivity index (χ1n) is 12.1. The van der Waals surface area contributed by atoms with E-state index in [1.165, 1.54) is 11.9 Å². The normalized spacial score (nSPS) is 11.1. The van der Waals surface area contributed by atoms with Gasteiger partial charge in [-0.3, -0.25) is 14.2 Å². The van der Waals surface area contributed by atoms with Gasteiger partial charge >= 0.3 is 0 Å². The van der Waals surface area contributed by atoms with E-state index in [0.717, 1.165) is 23.2 Å². The molecule has 1 aromatic heterocycles. The summed E-state index contributed by atoms with van der Waals surface area (Å²) in [6, 6.07) is 31.0. The van der Waals surface area contributed by atoms with Gasteiger partial charge in [-0.25, -0.2) is 4.98 Å². The number of amides is 1. The predicted molar refractivity (Wildman–Crippen MR) is 149 cm³/mol. The first kappa shape index (κ1) is 24.2. The molecule has 1 amide bonds. The minimum atomic E-state index is -0.252. The second-order valence-corrected chi connectivity index (χ2v) is 9.36. The van der Waals surface area contributed by atoms with Crippen molar-refractivity contribution in [1.29, 1.82) is 0 Å². The van der Waals surface area contributed by atoms with E-state index in [0.29, 0.717) is 28.7 Å². The third-order valence-electron chi connectivity index (χ3n) is 6.21. The molecule has 1 heterocycles. The molecule has 0 bridgehead atoms. The van der Waals surface area contributed by atoms with Gasteiger partial charge in [-0.2, -0.15) is 0 Å². The molecule has 6 heteroatoms. The molecule has 0 saturated carbocycles. The zero-order valence-electron chi connectivity index (χ0n) is 20.9. The zero-order valence-corrected chi connectivity index (χ0v) is 20.9. The predicted octanol–water partition coefficient (Wildman–Crippen LogP) is 5.43. The lowest BCUT2D eigenvalue weighted by atomic mass is 10.0. The Morgan fingerprint density at radius 2 is 1.51 bits per heavy atom. The smallest absolute Gasteiger partial charge is 0.261 e. The molecule has 0 fully saturated rings. The number of nitrogens with zero attached hydrogens (tertiary/aromatic N) is 3. The summed E-state index contributed by atoms with van der Waals surface area (Å²) >= 11 is 0. The molecular formula is C31H28N4O2. The Hall–Kier alpha value is -4.55. The number of nitrogens with one attached hydrogen (secondary N) is 1. The number of carbonyl (C=O) groups is 1. The number of aromatic nitrogens is 2. The van der Waals surface area contributed by atoms with Gasteiger partial charge in [-0.15, -0.1) is 0 Å². The highest BCUT2D eigenvalue weighted by Crippen LogP contribution is 2.23. The average molecular weight is 489 g/mol. The number of benzene rings is 4. The van der Waals surface area contributed by atoms with Gasteiger partial charge in [-0.05, 0) is 66.7 Å². The van der Waals surface area contributed by atoms with E-state index < -0.39 is 0 Å². The first-order valence-corrected chi connectivity index (χ1v) is 12.1. The van der Waals surface area contributed by atoms with Crippen LogP contribution in [-0.2, 0) is 13.1 Å². The molecular weight excluding hydrogens is 460 g/mol. The van der Waals surface area contributed by atoms with E-state index in [1.54, 1.807) is 22.8 Å². The van der Waals surface area contributed by atoms with E-state index in [2.05, 4.69) is 53.6 Å². The number of hydrogen-bond donors (Lipinski definition) is 1. The monoisotopic (exact) mass is 488 g/mol. The summed E-state index contributed by atoms with van der Waals surface area (Å²) in [6.45, 7) is 1.35. The molecule has 0 atom stereocenters. The topological polar surface area (TPSA) is 67.2 Å². The number of anilines is 1. The van der Waals surface area contributed by atoms with E-state index in [4.69, 9.17) is 0 Å². The van der Waals surface area contributed by atoms with E-state index in [-0.39, 0.29) is 11.5 Å². The third kappa shape index (κ3) is 5.66. The number of carbonyl (C=O) groups excluding carboxylic acids is 1. The van der Waals surface area contributed by atoms with Crippen LogP contribution in [0.1, 0.15) is 21.5 Å². The van der Waals surface area contributed by atoms with Crippen molar-refractivity contribution in [2.75, 3.05) is 19.4 Å². The van der Waals surface area contributed by atoms with Gasteiger partial charge in [0.1, 0.15) is 0 Å². The van der Waals surface area contributed by atoms with E-state index in [9.17, 15) is 9.59 Å². The maximum absolute atomic E-state index is 12.9. The Bertz CT molecular complexity index is 1590. The lowest BCUT2D eigenvalue weighted by molar-refractivity contribution is 0.102. The van der Waals surface area contributed by atoms with Crippen LogP contribution in [0.4, 0.5) is 5.69 Å². The number of hydrogen-bond acceptors (Lipinski definition) is 4. The van der Waals surface area contributed by atoms with Crippen LogP contribution in [0.5, 0.6) is 0 Å². The van der Waals surface area contributed by atoms with Crippen LogP contribution in [0.25, 0.3) is 22.0 Å². The summed E-state index contributed by atoms with van der Waals surface area (Å²) in [7, 11) is 4.11. The number of fused-ring (bicyclic) bond motifs is 1. The Labute approximate surface area is 215 Å². The Morgan fingerprint density at radius 3 is 2.19 bits per heavy atom. The second kappa shape index (κ2) is 10.6. The highest BCUT2D eigenvalue weighted by Gasteiger charge is 2.11. The lowest BCUT2D eigenvalue weighted by Gasteiger charge is -2.11. The average Bonchev–Trinajstić information content (AvgIpc) is 2.91. The van der Waals surface area contributed by atoms with Crippen molar-refractivity contribution in [1.82, 2.24) is 14.5 Å². The van der Waals surface area contributed by atoms with Crippen molar-refractivity contribution < 1.29 is 4.79 Å². The Morgan fingerprint density at radius 1 is 0.838 bits per heavy atom. The summed E-state index contributed by atoms with van der Waals surface area (Å²) in [4.78, 5) is 32.4. The van der Waals surface area contributed by atoms with Crippen LogP contribution in [-0.4, -0.2) is 34.5 Å². The van der Waals surface area contributed by atoms with Crippen LogP contribution in [0, 0.1) is 0 Å². The van der Waals surface area contributed by atoms with Gasteiger partial charge in [0.25, 0.3) is 11.5 Å². The number of rotatable bonds is 7. The van der Waals surface area contributed by atoms with Crippen LogP contribution < -0.4 is 10.9 Å². The highest BCUT2D eigenvalue weighted by molar-refractivity contribution is 6.06. The van der Waals surface area contributed by atoms with Gasteiger partial charge in [0.15, 0.2) is 0 Å². The molecule has 37 heavy (non-hydrogen) atoms. The standard InChI is InChI=1S/C31H28N4O2/c1-34(2)19-23-8-10-24(11-9-23)25-12-15-27(16-13-25)33-30(36)26-14-17-28-29(18-26)32-21-35(31(28)37)20-22-6-4-3-5-7-22/h3-18,21H,19-20H2,1-2H3,(H,33,36). The van der Waals surface area contributed by atoms with Gasteiger partial charge in [-0.1, -0.05) is 66.7 Å². The summed E-state index contributed by atoms with van der Waals surface area (Å²) in [6.07, 6.45) is 1.53. The molecule has 6 nitrogen and oxygen atoms in total. The fourth-order valence-corrected chi connectivity index (χ4v) is 4.31. The van der Waals surface area contributed by atoms with Gasteiger partial charge < -0.3 is 10.2 Å². The minimum absolute atomic E-state index is 0.133. The van der Waals surface area contributed by atoms with Crippen molar-refractivity contribution in [3.05, 3.63) is 130 Å². The van der Waals surface area contributed by atoms with Crippen molar-refractivity contribution in [3.63, 3.8) is 0 Å². The molecule has 0 radical (unpaired) electrons. The Kier molecular flexibility index (Phi) is 6.92. The molecule has 0 spiro atoms. The van der Waals surface area contributed by atoms with Crippen molar-refractivity contribution in [2.45, 2.75) is 13.1 Å². The summed E-state index contributed by atoms with van der Waals surface area (Å²) in [5, 5.41) is 3.42. The van der Waals surface area contributed by atoms with Gasteiger partial charge in [0.05, 0.1) is 23.8 Å². The van der Waals surface area contributed by atoms with Gasteiger partial charge in [0.2, 0.25) is 0 Å². The molecule has 4 aromatic carbocycles. The fourth-order valence-electron chi connectivity index (χ4n) is 4.31. The maximum atomic E-state index is 12.9. The summed E-state index contributed by atoms with van der Waals surface area (Å²) < 4.78 is 1.58. The van der Waals surface area contributed by atoms with Gasteiger partial charge in [0, 0.05) is 17.8 Å². The zero-order chi connectivity index (χ0) is 25.8. The maximum Gasteiger partial charge on any atom is 0.261 e. The highest BCUT2D eigenvalue weighted by atomic mass is 16.1. The molecule has 5 aromatic rings. The van der Waals surface area contributed by atoms with Crippen molar-refractivity contribution in [2.24, 2.45) is 0 Å². The molecule has 0 aliphatic carbocycles. The summed E-state index contributed by atoms with van der Waals surface area (Å²) in [5.74, 6) is -0.252. The first-order chi connectivity index (χ1) is 18.0. The molecule has 0 saturated heterocycles. The third-order valence-corrected chi connectivity index (χ3v) is 6.21. The van der Waals surface area contributed by atoms with Crippen LogP contribution in [0.2, 0.25) is 0 Å². The quantitative estimate of drug-likeness (QED) is 0.332. The minimum Gasteiger partial charge on any atom is -0.322 e. The lowest BCUT2D eigenvalue weighted by Crippen LogP contribution is -2.21. The molecule has 0 unspecified atom stereocenters. The van der Waals surface area contributed by atoms with Crippen LogP contribution in [0.15, 0.2) is 108 Å². The van der Waals surface area contributed by atoms with Crippen LogP contribution >= 0.6 is 0 Å². The molecule has 184 valence electrons. The largest absolute Gasteiger partial charge is 0.322 e. The van der Waals surface area contributed by atoms with Crippen molar-refractivity contribution in [3.8, 4) is 11.1 Å². The molecule has 1 N–H and O–H groups in total. The van der Waals surface area contributed by atoms with Crippen molar-refractivity contribution >= 4 is 22.5 Å². The summed E-state index contributed by atoms with van der Waals surface area (Å²) in [5.41, 5.74) is 5.99. The van der Waals surface area contributed by atoms with E-state index in [1.807, 2.05) is 54.6 Å². The SMILES string of the molecule is CN(C)Cc1ccc(-c2ccc(NC(=O)c3ccc4c(=O)n(Cc5ccccc5)cnc4c3)cc2)cc1. The fraction of sp³-hybridized carbons (Fsp3) is 0.129. The van der Waals surface area contributed by atoms with Crippen LogP contribution in [0.3, 0.4) is 0 Å². The molecule has 5 rings (SSSR count). The molecule has 0 aliphatic rings. The second-order valence-electron chi connectivity index (χ2n) is 9.36.